The lowest BCUT2D eigenvalue weighted by Crippen LogP contribution is -2.22. The van der Waals surface area contributed by atoms with Crippen LogP contribution in [0.1, 0.15) is 31.7 Å². The maximum Gasteiger partial charge on any atom is 0.232 e. The molecule has 6 nitrogen and oxygen atoms in total. The Hall–Kier alpha value is -1.90. The molecule has 1 aromatic carbocycles. The molecule has 0 unspecified atom stereocenters. The minimum Gasteiger partial charge on any atom is -0.379 e. The van der Waals surface area contributed by atoms with Gasteiger partial charge in [-0.1, -0.05) is 16.9 Å². The lowest BCUT2D eigenvalue weighted by atomic mass is 10.1. The standard InChI is InChI=1S/C19H23N3O3S2/c1-12-9-14(25-22-12)11-17(23)20-13-5-6-15-16(10-13)27-18(21-15)26-8-7-19(2,3)24-4/h5-6,9-10H,7-8,11H2,1-4H3,(H,20,23). The van der Waals surface area contributed by atoms with Crippen LogP contribution in [-0.2, 0) is 16.0 Å². The number of nitrogens with zero attached hydrogens (tertiary/aromatic N) is 2. The molecule has 0 fully saturated rings. The minimum absolute atomic E-state index is 0.122. The first-order chi connectivity index (χ1) is 12.8. The van der Waals surface area contributed by atoms with Crippen LogP contribution in [0.4, 0.5) is 5.69 Å². The van der Waals surface area contributed by atoms with Crippen LogP contribution in [0, 0.1) is 6.92 Å². The van der Waals surface area contributed by atoms with E-state index >= 15 is 0 Å². The summed E-state index contributed by atoms with van der Waals surface area (Å²) in [5, 5.41) is 6.69. The average molecular weight is 406 g/mol. The van der Waals surface area contributed by atoms with Crippen LogP contribution in [0.5, 0.6) is 0 Å². The molecule has 1 amide bonds. The summed E-state index contributed by atoms with van der Waals surface area (Å²) in [7, 11) is 1.74. The van der Waals surface area contributed by atoms with Crippen LogP contribution in [0.2, 0.25) is 0 Å². The lowest BCUT2D eigenvalue weighted by molar-refractivity contribution is -0.115. The van der Waals surface area contributed by atoms with Gasteiger partial charge in [0.2, 0.25) is 5.91 Å². The van der Waals surface area contributed by atoms with Gasteiger partial charge in [-0.25, -0.2) is 4.98 Å². The molecule has 0 spiro atoms. The van der Waals surface area contributed by atoms with Crippen LogP contribution in [-0.4, -0.2) is 34.5 Å². The van der Waals surface area contributed by atoms with Crippen molar-refractivity contribution < 1.29 is 14.1 Å². The van der Waals surface area contributed by atoms with Crippen LogP contribution in [0.25, 0.3) is 10.2 Å². The molecule has 0 saturated carbocycles. The summed E-state index contributed by atoms with van der Waals surface area (Å²) in [4.78, 5) is 16.8. The van der Waals surface area contributed by atoms with Crippen molar-refractivity contribution in [2.45, 2.75) is 43.6 Å². The number of amides is 1. The number of hydrogen-bond donors (Lipinski definition) is 1. The van der Waals surface area contributed by atoms with Crippen molar-refractivity contribution in [3.63, 3.8) is 0 Å². The molecule has 27 heavy (non-hydrogen) atoms. The molecule has 0 saturated heterocycles. The zero-order chi connectivity index (χ0) is 19.4. The van der Waals surface area contributed by atoms with Crippen LogP contribution >= 0.6 is 23.1 Å². The summed E-state index contributed by atoms with van der Waals surface area (Å²) in [5.41, 5.74) is 2.34. The highest BCUT2D eigenvalue weighted by molar-refractivity contribution is 8.01. The normalized spacial score (nSPS) is 11.9. The lowest BCUT2D eigenvalue weighted by Gasteiger charge is -2.21. The Morgan fingerprint density at radius 1 is 1.37 bits per heavy atom. The van der Waals surface area contributed by atoms with Gasteiger partial charge >= 0.3 is 0 Å². The van der Waals surface area contributed by atoms with Crippen molar-refractivity contribution >= 4 is 44.9 Å². The Morgan fingerprint density at radius 3 is 2.89 bits per heavy atom. The zero-order valence-corrected chi connectivity index (χ0v) is 17.5. The summed E-state index contributed by atoms with van der Waals surface area (Å²) < 4.78 is 12.6. The van der Waals surface area contributed by atoms with E-state index < -0.39 is 0 Å². The number of methoxy groups -OCH3 is 1. The number of hydrogen-bond acceptors (Lipinski definition) is 7. The van der Waals surface area contributed by atoms with Gasteiger partial charge in [0.1, 0.15) is 5.76 Å². The van der Waals surface area contributed by atoms with Crippen molar-refractivity contribution in [1.82, 2.24) is 10.1 Å². The van der Waals surface area contributed by atoms with E-state index in [4.69, 9.17) is 9.26 Å². The van der Waals surface area contributed by atoms with Crippen molar-refractivity contribution in [2.24, 2.45) is 0 Å². The SMILES string of the molecule is COC(C)(C)CCSc1nc2ccc(NC(=O)Cc3cc(C)no3)cc2s1. The van der Waals surface area contributed by atoms with E-state index in [0.717, 1.165) is 38.1 Å². The van der Waals surface area contributed by atoms with E-state index in [1.165, 1.54) is 0 Å². The van der Waals surface area contributed by atoms with Crippen molar-refractivity contribution in [3.8, 4) is 0 Å². The molecule has 0 atom stereocenters. The third-order valence-electron chi connectivity index (χ3n) is 4.15. The third-order valence-corrected chi connectivity index (χ3v) is 6.31. The number of carbonyl (C=O) groups is 1. The number of nitrogens with one attached hydrogen (secondary N) is 1. The molecule has 3 rings (SSSR count). The number of aromatic nitrogens is 2. The molecule has 0 bridgehead atoms. The van der Waals surface area contributed by atoms with Crippen LogP contribution in [0.15, 0.2) is 33.1 Å². The first kappa shape index (κ1) is 19.9. The van der Waals surface area contributed by atoms with E-state index in [-0.39, 0.29) is 17.9 Å². The molecule has 3 aromatic rings. The fourth-order valence-corrected chi connectivity index (χ4v) is 4.81. The predicted octanol–water partition coefficient (Wildman–Crippen LogP) is 4.68. The van der Waals surface area contributed by atoms with Gasteiger partial charge in [-0.05, 0) is 45.4 Å². The van der Waals surface area contributed by atoms with Gasteiger partial charge in [-0.2, -0.15) is 0 Å². The summed E-state index contributed by atoms with van der Waals surface area (Å²) >= 11 is 3.37. The molecule has 8 heteroatoms. The largest absolute Gasteiger partial charge is 0.379 e. The molecular formula is C19H23N3O3S2. The molecule has 0 radical (unpaired) electrons. The quantitative estimate of drug-likeness (QED) is 0.548. The summed E-state index contributed by atoms with van der Waals surface area (Å²) in [5.74, 6) is 1.37. The second kappa shape index (κ2) is 8.41. The molecule has 0 aliphatic rings. The third kappa shape index (κ3) is 5.54. The van der Waals surface area contributed by atoms with Crippen LogP contribution < -0.4 is 5.32 Å². The van der Waals surface area contributed by atoms with Crippen molar-refractivity contribution in [2.75, 3.05) is 18.2 Å². The maximum absolute atomic E-state index is 12.2. The number of aryl methyl sites for hydroxylation is 1. The summed E-state index contributed by atoms with van der Waals surface area (Å²) in [6.07, 6.45) is 1.12. The first-order valence-electron chi connectivity index (χ1n) is 8.65. The van der Waals surface area contributed by atoms with Gasteiger partial charge in [-0.15, -0.1) is 11.3 Å². The Balaban J connectivity index is 1.60. The molecule has 0 aliphatic heterocycles. The van der Waals surface area contributed by atoms with Gasteiger partial charge in [0.25, 0.3) is 0 Å². The Bertz CT molecular complexity index is 933. The number of carbonyl (C=O) groups excluding carboxylic acids is 1. The van der Waals surface area contributed by atoms with Crippen molar-refractivity contribution in [3.05, 3.63) is 35.7 Å². The van der Waals surface area contributed by atoms with Gasteiger partial charge in [0.05, 0.1) is 27.9 Å². The highest BCUT2D eigenvalue weighted by atomic mass is 32.2. The van der Waals surface area contributed by atoms with E-state index in [9.17, 15) is 4.79 Å². The fraction of sp³-hybridized carbons (Fsp3) is 0.421. The number of ether oxygens (including phenoxy) is 1. The Labute approximate surface area is 166 Å². The molecule has 2 heterocycles. The smallest absolute Gasteiger partial charge is 0.232 e. The summed E-state index contributed by atoms with van der Waals surface area (Å²) in [6, 6.07) is 7.53. The zero-order valence-electron chi connectivity index (χ0n) is 15.9. The van der Waals surface area contributed by atoms with Gasteiger partial charge in [-0.3, -0.25) is 4.79 Å². The van der Waals surface area contributed by atoms with E-state index in [0.29, 0.717) is 5.76 Å². The molecule has 144 valence electrons. The van der Waals surface area contributed by atoms with Crippen LogP contribution in [0.3, 0.4) is 0 Å². The minimum atomic E-state index is -0.133. The fourth-order valence-electron chi connectivity index (χ4n) is 2.39. The van der Waals surface area contributed by atoms with E-state index in [2.05, 4.69) is 29.3 Å². The predicted molar refractivity (Wildman–Crippen MR) is 110 cm³/mol. The van der Waals surface area contributed by atoms with Gasteiger partial charge in [0, 0.05) is 24.6 Å². The number of fused-ring (bicyclic) bond motifs is 1. The Morgan fingerprint density at radius 2 is 2.19 bits per heavy atom. The van der Waals surface area contributed by atoms with E-state index in [1.807, 2.05) is 25.1 Å². The number of thioether (sulfide) groups is 1. The maximum atomic E-state index is 12.2. The monoisotopic (exact) mass is 405 g/mol. The number of rotatable bonds is 8. The second-order valence-electron chi connectivity index (χ2n) is 6.88. The molecular weight excluding hydrogens is 382 g/mol. The van der Waals surface area contributed by atoms with Crippen molar-refractivity contribution in [1.29, 1.82) is 0 Å². The molecule has 2 aromatic heterocycles. The van der Waals surface area contributed by atoms with Gasteiger partial charge < -0.3 is 14.6 Å². The van der Waals surface area contributed by atoms with Gasteiger partial charge in [0.15, 0.2) is 4.34 Å². The number of benzene rings is 1. The first-order valence-corrected chi connectivity index (χ1v) is 10.5. The Kier molecular flexibility index (Phi) is 6.18. The molecule has 0 aliphatic carbocycles. The highest BCUT2D eigenvalue weighted by Gasteiger charge is 2.16. The second-order valence-corrected chi connectivity index (χ2v) is 9.26. The average Bonchev–Trinajstić information content (AvgIpc) is 3.19. The highest BCUT2D eigenvalue weighted by Crippen LogP contribution is 2.32. The molecule has 1 N–H and O–H groups in total. The van der Waals surface area contributed by atoms with E-state index in [1.54, 1.807) is 36.3 Å². The summed E-state index contributed by atoms with van der Waals surface area (Å²) in [6.45, 7) is 6.00. The number of thiazole rings is 1. The topological polar surface area (TPSA) is 77.2 Å². The number of anilines is 1.